The van der Waals surface area contributed by atoms with Crippen molar-refractivity contribution in [2.24, 2.45) is 0 Å². The van der Waals surface area contributed by atoms with Crippen LogP contribution in [0.5, 0.6) is 0 Å². The quantitative estimate of drug-likeness (QED) is 0.0321. The van der Waals surface area contributed by atoms with E-state index in [9.17, 15) is 43.5 Å². The minimum absolute atomic E-state index is 0.00838. The Kier molecular flexibility index (Phi) is 42.0. The van der Waals surface area contributed by atoms with Gasteiger partial charge in [-0.1, -0.05) is 86.4 Å². The zero-order valence-corrected chi connectivity index (χ0v) is 40.5. The molecule has 0 aliphatic heterocycles. The molecule has 20 nitrogen and oxygen atoms in total. The number of hydrogen-bond donors (Lipinski definition) is 8. The molecular formula is C43H79N6O14PS. The van der Waals surface area contributed by atoms with E-state index in [4.69, 9.17) is 24.1 Å². The highest BCUT2D eigenvalue weighted by atomic mass is 32.2. The second kappa shape index (κ2) is 44.4. The van der Waals surface area contributed by atoms with Crippen LogP contribution in [-0.4, -0.2) is 160 Å². The molecule has 0 heterocycles. The van der Waals surface area contributed by atoms with Gasteiger partial charge in [0.25, 0.3) is 0 Å². The number of carbonyl (C=O) groups is 8. The van der Waals surface area contributed by atoms with Gasteiger partial charge < -0.3 is 55.7 Å². The van der Waals surface area contributed by atoms with Gasteiger partial charge in [0, 0.05) is 51.2 Å². The molecule has 0 aromatic heterocycles. The van der Waals surface area contributed by atoms with Gasteiger partial charge in [-0.2, -0.15) is 0 Å². The fourth-order valence-corrected chi connectivity index (χ4v) is 7.47. The zero-order valence-electron chi connectivity index (χ0n) is 38.6. The lowest BCUT2D eigenvalue weighted by molar-refractivity contribution is -0.142. The van der Waals surface area contributed by atoms with Crippen LogP contribution in [0.3, 0.4) is 0 Å². The number of unbranched alkanes of at least 4 members (excludes halogenated alkanes) is 13. The molecule has 0 rings (SSSR count). The highest BCUT2D eigenvalue weighted by Crippen LogP contribution is 2.14. The molecule has 1 unspecified atom stereocenters. The lowest BCUT2D eigenvalue weighted by atomic mass is 10.0. The summed E-state index contributed by atoms with van der Waals surface area (Å²) in [5.74, 6) is -2.80. The molecule has 3 atom stereocenters. The third-order valence-electron chi connectivity index (χ3n) is 9.66. The second-order valence-corrected chi connectivity index (χ2v) is 16.8. The van der Waals surface area contributed by atoms with Gasteiger partial charge in [-0.05, 0) is 26.2 Å². The van der Waals surface area contributed by atoms with Crippen LogP contribution in [0, 0.1) is 0 Å². The Morgan fingerprint density at radius 1 is 0.492 bits per heavy atom. The molecule has 5 amide bonds. The van der Waals surface area contributed by atoms with Crippen LogP contribution in [-0.2, 0) is 57.3 Å². The molecule has 0 aliphatic carbocycles. The van der Waals surface area contributed by atoms with Crippen LogP contribution in [0.15, 0.2) is 0 Å². The molecule has 0 aromatic rings. The predicted octanol–water partition coefficient (Wildman–Crippen LogP) is 2.26. The van der Waals surface area contributed by atoms with Crippen molar-refractivity contribution < 1.29 is 67.5 Å². The molecular weight excluding hydrogens is 888 g/mol. The number of carboxylic acids is 2. The Morgan fingerprint density at radius 3 is 1.38 bits per heavy atom. The third-order valence-corrected chi connectivity index (χ3v) is 11.1. The Morgan fingerprint density at radius 2 is 0.923 bits per heavy atom. The van der Waals surface area contributed by atoms with E-state index in [1.165, 1.54) is 57.2 Å². The SMILES string of the molecule is CC(=O)[C@H](CSCC(=O)NCCNC(=O)COCCOCCNC(=O)COCCOCCNC(=O)CC[C@H](NC(=O)CCCCCCCCCCCCCCCCC(=O)O)C(=O)O)NP. The van der Waals surface area contributed by atoms with Gasteiger partial charge in [0.1, 0.15) is 25.0 Å². The number of amides is 5. The van der Waals surface area contributed by atoms with Crippen molar-refractivity contribution in [1.82, 2.24) is 31.7 Å². The first-order valence-electron chi connectivity index (χ1n) is 23.0. The average molecular weight is 967 g/mol. The lowest BCUT2D eigenvalue weighted by Crippen LogP contribution is -2.41. The first kappa shape index (κ1) is 61.5. The van der Waals surface area contributed by atoms with Crippen molar-refractivity contribution in [2.75, 3.05) is 90.5 Å². The third kappa shape index (κ3) is 42.9. The van der Waals surface area contributed by atoms with Crippen LogP contribution in [0.1, 0.15) is 122 Å². The molecule has 0 radical (unpaired) electrons. The minimum atomic E-state index is -1.19. The maximum atomic E-state index is 12.3. The molecule has 22 heteroatoms. The minimum Gasteiger partial charge on any atom is -0.481 e. The Hall–Kier alpha value is -3.46. The van der Waals surface area contributed by atoms with Crippen molar-refractivity contribution in [2.45, 2.75) is 135 Å². The average Bonchev–Trinajstić information content (AvgIpc) is 3.26. The van der Waals surface area contributed by atoms with Crippen LogP contribution in [0.2, 0.25) is 0 Å². The molecule has 0 aliphatic rings. The van der Waals surface area contributed by atoms with E-state index >= 15 is 0 Å². The Bertz CT molecular complexity index is 1340. The standard InChI is InChI=1S/C43H79N6O14PS/c1-34(50)36(49-64)32-65-33-41(55)45-21-20-44-39(53)30-62-28-27-61-25-23-47-40(54)31-63-29-26-60-24-22-46-37(51)19-18-35(43(58)59)48-38(52)16-14-12-10-8-6-4-2-3-5-7-9-11-13-15-17-42(56)57/h35-36,49H,2-33,64H2,1H3,(H,44,53)(H,45,55)(H,46,51)(H,47,54)(H,48,52)(H,56,57)(H,58,59)/t35-,36-/m0/s1. The van der Waals surface area contributed by atoms with Gasteiger partial charge in [0.2, 0.25) is 29.5 Å². The van der Waals surface area contributed by atoms with E-state index in [1.54, 1.807) is 0 Å². The van der Waals surface area contributed by atoms with Crippen LogP contribution < -0.4 is 31.7 Å². The van der Waals surface area contributed by atoms with Crippen LogP contribution in [0.25, 0.3) is 0 Å². The van der Waals surface area contributed by atoms with Crippen LogP contribution in [0.4, 0.5) is 0 Å². The number of carboxylic acid groups (broad SMARTS) is 2. The normalized spacial score (nSPS) is 11.9. The molecule has 0 fully saturated rings. The zero-order chi connectivity index (χ0) is 48.2. The Balaban J connectivity index is 3.66. The topological polar surface area (TPSA) is 286 Å². The molecule has 65 heavy (non-hydrogen) atoms. The number of rotatable bonds is 47. The van der Waals surface area contributed by atoms with Gasteiger partial charge in [0.05, 0.1) is 51.4 Å². The first-order valence-corrected chi connectivity index (χ1v) is 24.7. The van der Waals surface area contributed by atoms with Crippen molar-refractivity contribution in [3.05, 3.63) is 0 Å². The van der Waals surface area contributed by atoms with Gasteiger partial charge in [-0.25, -0.2) is 4.79 Å². The largest absolute Gasteiger partial charge is 0.481 e. The maximum Gasteiger partial charge on any atom is 0.326 e. The summed E-state index contributed by atoms with van der Waals surface area (Å²) in [5.41, 5.74) is 0. The van der Waals surface area contributed by atoms with Crippen molar-refractivity contribution in [3.63, 3.8) is 0 Å². The fraction of sp³-hybridized carbons (Fsp3) is 0.814. The molecule has 376 valence electrons. The molecule has 0 bridgehead atoms. The van der Waals surface area contributed by atoms with Gasteiger partial charge >= 0.3 is 11.9 Å². The number of ether oxygens (including phenoxy) is 4. The van der Waals surface area contributed by atoms with E-state index in [0.717, 1.165) is 44.9 Å². The summed E-state index contributed by atoms with van der Waals surface area (Å²) < 4.78 is 21.3. The molecule has 0 spiro atoms. The maximum absolute atomic E-state index is 12.3. The summed E-state index contributed by atoms with van der Waals surface area (Å²) in [4.78, 5) is 93.8. The molecule has 8 N–H and O–H groups in total. The fourth-order valence-electron chi connectivity index (χ4n) is 5.97. The van der Waals surface area contributed by atoms with Gasteiger partial charge in [-0.3, -0.25) is 38.6 Å². The summed E-state index contributed by atoms with van der Waals surface area (Å²) in [6.07, 6.45) is 15.4. The number of nitrogens with one attached hydrogen (secondary N) is 6. The number of hydrogen-bond acceptors (Lipinski definition) is 14. The van der Waals surface area contributed by atoms with E-state index in [2.05, 4.69) is 41.1 Å². The summed E-state index contributed by atoms with van der Waals surface area (Å²) >= 11 is 1.33. The molecule has 0 aromatic carbocycles. The monoisotopic (exact) mass is 967 g/mol. The first-order chi connectivity index (χ1) is 31.3. The number of ketones is 1. The number of thioether (sulfide) groups is 1. The number of aliphatic carboxylic acids is 2. The smallest absolute Gasteiger partial charge is 0.326 e. The summed E-state index contributed by atoms with van der Waals surface area (Å²) in [6, 6.07) is -1.48. The highest BCUT2D eigenvalue weighted by Gasteiger charge is 2.21. The van der Waals surface area contributed by atoms with Gasteiger partial charge in [0.15, 0.2) is 0 Å². The van der Waals surface area contributed by atoms with E-state index < -0.39 is 18.0 Å². The van der Waals surface area contributed by atoms with E-state index in [0.29, 0.717) is 12.2 Å². The van der Waals surface area contributed by atoms with Gasteiger partial charge in [-0.15, -0.1) is 11.8 Å². The highest BCUT2D eigenvalue weighted by molar-refractivity contribution is 8.00. The van der Waals surface area contributed by atoms with Crippen molar-refractivity contribution in [3.8, 4) is 0 Å². The predicted molar refractivity (Wildman–Crippen MR) is 250 cm³/mol. The summed E-state index contributed by atoms with van der Waals surface area (Å²) in [5, 5.41) is 34.1. The van der Waals surface area contributed by atoms with E-state index in [-0.39, 0.29) is 152 Å². The molecule has 0 saturated carbocycles. The summed E-state index contributed by atoms with van der Waals surface area (Å²) in [7, 11) is 2.29. The molecule has 0 saturated heterocycles. The Labute approximate surface area is 391 Å². The number of carbonyl (C=O) groups excluding carboxylic acids is 6. The number of Topliss-reactive ketones (excluding diaryl/α,β-unsaturated/α-hetero) is 1. The second-order valence-electron chi connectivity index (χ2n) is 15.4. The van der Waals surface area contributed by atoms with Crippen LogP contribution >= 0.6 is 21.2 Å². The van der Waals surface area contributed by atoms with Crippen molar-refractivity contribution in [1.29, 1.82) is 0 Å². The van der Waals surface area contributed by atoms with E-state index in [1.807, 2.05) is 0 Å². The van der Waals surface area contributed by atoms with Crippen molar-refractivity contribution >= 4 is 68.4 Å². The lowest BCUT2D eigenvalue weighted by Gasteiger charge is -2.14. The summed E-state index contributed by atoms with van der Waals surface area (Å²) in [6.45, 7) is 3.24.